The summed E-state index contributed by atoms with van der Waals surface area (Å²) in [6.07, 6.45) is -3.42. The number of carbonyl (C=O) groups is 1. The second-order valence-electron chi connectivity index (χ2n) is 6.43. The van der Waals surface area contributed by atoms with Crippen LogP contribution in [0.1, 0.15) is 23.0 Å². The molecule has 31 heavy (non-hydrogen) atoms. The Hall–Kier alpha value is -3.05. The molecule has 0 saturated heterocycles. The van der Waals surface area contributed by atoms with Gasteiger partial charge >= 0.3 is 12.1 Å². The van der Waals surface area contributed by atoms with Gasteiger partial charge in [0.1, 0.15) is 6.33 Å². The van der Waals surface area contributed by atoms with E-state index in [1.807, 2.05) is 0 Å². The Labute approximate surface area is 181 Å². The zero-order valence-electron chi connectivity index (χ0n) is 15.9. The molecule has 3 aromatic heterocycles. The Morgan fingerprint density at radius 1 is 1.23 bits per heavy atom. The van der Waals surface area contributed by atoms with Crippen LogP contribution in [0.25, 0.3) is 22.5 Å². The van der Waals surface area contributed by atoms with Gasteiger partial charge in [0.15, 0.2) is 21.8 Å². The van der Waals surface area contributed by atoms with Crippen molar-refractivity contribution in [1.29, 1.82) is 0 Å². The average molecular weight is 474 g/mol. The predicted molar refractivity (Wildman–Crippen MR) is 106 cm³/mol. The Balaban J connectivity index is 2.21. The number of rotatable bonds is 3. The summed E-state index contributed by atoms with van der Waals surface area (Å²) in [5, 5.41) is -0.173. The van der Waals surface area contributed by atoms with Gasteiger partial charge in [0.05, 0.1) is 23.2 Å². The number of benzene rings is 1. The van der Waals surface area contributed by atoms with E-state index in [2.05, 4.69) is 9.97 Å². The Morgan fingerprint density at radius 2 is 1.94 bits per heavy atom. The molecule has 0 atom stereocenters. The van der Waals surface area contributed by atoms with Crippen molar-refractivity contribution in [3.8, 4) is 5.82 Å². The van der Waals surface area contributed by atoms with Gasteiger partial charge in [-0.25, -0.2) is 14.8 Å². The maximum atomic E-state index is 13.2. The van der Waals surface area contributed by atoms with Crippen molar-refractivity contribution in [1.82, 2.24) is 23.5 Å². The summed E-state index contributed by atoms with van der Waals surface area (Å²) in [4.78, 5) is 33.5. The molecule has 0 amide bonds. The normalized spacial score (nSPS) is 12.1. The van der Waals surface area contributed by atoms with Gasteiger partial charge in [-0.15, -0.1) is 0 Å². The molecule has 3 heterocycles. The molecule has 0 saturated carbocycles. The van der Waals surface area contributed by atoms with Gasteiger partial charge in [0.25, 0.3) is 5.56 Å². The van der Waals surface area contributed by atoms with Gasteiger partial charge < -0.3 is 9.30 Å². The number of ether oxygens (including phenoxy) is 1. The zero-order chi connectivity index (χ0) is 22.7. The number of aromatic nitrogens is 5. The van der Waals surface area contributed by atoms with Gasteiger partial charge in [-0.1, -0.05) is 23.2 Å². The average Bonchev–Trinajstić information content (AvgIpc) is 3.26. The van der Waals surface area contributed by atoms with Crippen molar-refractivity contribution in [2.45, 2.75) is 13.1 Å². The minimum absolute atomic E-state index is 0.0261. The fourth-order valence-corrected chi connectivity index (χ4v) is 3.53. The minimum atomic E-state index is -4.62. The maximum absolute atomic E-state index is 13.2. The summed E-state index contributed by atoms with van der Waals surface area (Å²) in [5.74, 6) is -0.899. The standard InChI is InChI=1S/C18H12Cl2F3N5O3/c1-3-31-17(30)11-15(27-7-24-12(19)13(27)20)28-9-5-4-8(18(21,22)23)6-10(9)26(2)16(29)14(28)25-11/h4-7H,3H2,1-2H3. The summed E-state index contributed by atoms with van der Waals surface area (Å²) in [6.45, 7) is 1.61. The van der Waals surface area contributed by atoms with Crippen LogP contribution in [-0.4, -0.2) is 36.1 Å². The molecule has 4 rings (SSSR count). The van der Waals surface area contributed by atoms with Crippen molar-refractivity contribution in [3.05, 3.63) is 56.4 Å². The number of nitrogens with zero attached hydrogens (tertiary/aromatic N) is 5. The monoisotopic (exact) mass is 473 g/mol. The molecule has 1 aromatic carbocycles. The molecule has 0 aliphatic heterocycles. The number of alkyl halides is 3. The number of fused-ring (bicyclic) bond motifs is 3. The Bertz CT molecular complexity index is 1420. The van der Waals surface area contributed by atoms with Crippen LogP contribution < -0.4 is 5.56 Å². The molecule has 0 radical (unpaired) electrons. The van der Waals surface area contributed by atoms with Crippen LogP contribution in [0.5, 0.6) is 0 Å². The summed E-state index contributed by atoms with van der Waals surface area (Å²) < 4.78 is 48.2. The third-order valence-corrected chi connectivity index (χ3v) is 5.35. The molecule has 0 aliphatic carbocycles. The number of aryl methyl sites for hydroxylation is 1. The highest BCUT2D eigenvalue weighted by atomic mass is 35.5. The molecule has 0 N–H and O–H groups in total. The molecule has 8 nitrogen and oxygen atoms in total. The second kappa shape index (κ2) is 7.27. The van der Waals surface area contributed by atoms with Gasteiger partial charge in [-0.2, -0.15) is 13.2 Å². The largest absolute Gasteiger partial charge is 0.461 e. The van der Waals surface area contributed by atoms with E-state index >= 15 is 0 Å². The molecule has 13 heteroatoms. The van der Waals surface area contributed by atoms with Crippen LogP contribution in [0.4, 0.5) is 13.2 Å². The molecule has 0 unspecified atom stereocenters. The Kier molecular flexibility index (Phi) is 4.97. The molecule has 0 fully saturated rings. The van der Waals surface area contributed by atoms with Crippen LogP contribution in [0.2, 0.25) is 10.3 Å². The summed E-state index contributed by atoms with van der Waals surface area (Å²) in [5.41, 5.74) is -2.03. The fraction of sp³-hybridized carbons (Fsp3) is 0.222. The van der Waals surface area contributed by atoms with Crippen LogP contribution in [-0.2, 0) is 18.0 Å². The van der Waals surface area contributed by atoms with E-state index in [0.29, 0.717) is 0 Å². The van der Waals surface area contributed by atoms with Gasteiger partial charge in [0.2, 0.25) is 5.65 Å². The summed E-state index contributed by atoms with van der Waals surface area (Å²) in [7, 11) is 1.31. The van der Waals surface area contributed by atoms with E-state index in [1.54, 1.807) is 6.92 Å². The van der Waals surface area contributed by atoms with Gasteiger partial charge in [-0.3, -0.25) is 13.8 Å². The summed E-state index contributed by atoms with van der Waals surface area (Å²) in [6, 6.07) is 2.88. The fourth-order valence-electron chi connectivity index (χ4n) is 3.22. The topological polar surface area (TPSA) is 83.4 Å². The molecule has 0 aliphatic rings. The van der Waals surface area contributed by atoms with E-state index < -0.39 is 23.3 Å². The molecular weight excluding hydrogens is 462 g/mol. The highest BCUT2D eigenvalue weighted by molar-refractivity contribution is 6.40. The van der Waals surface area contributed by atoms with Crippen molar-refractivity contribution in [2.75, 3.05) is 6.61 Å². The third-order valence-electron chi connectivity index (χ3n) is 4.62. The van der Waals surface area contributed by atoms with E-state index in [1.165, 1.54) is 28.4 Å². The maximum Gasteiger partial charge on any atom is 0.416 e. The molecule has 0 bridgehead atoms. The molecular formula is C18H12Cl2F3N5O3. The van der Waals surface area contributed by atoms with E-state index in [-0.39, 0.29) is 45.1 Å². The van der Waals surface area contributed by atoms with Crippen LogP contribution in [0, 0.1) is 0 Å². The van der Waals surface area contributed by atoms with Gasteiger partial charge in [0, 0.05) is 7.05 Å². The third kappa shape index (κ3) is 3.24. The van der Waals surface area contributed by atoms with Crippen LogP contribution >= 0.6 is 23.2 Å². The van der Waals surface area contributed by atoms with Crippen molar-refractivity contribution < 1.29 is 22.7 Å². The molecule has 4 aromatic rings. The predicted octanol–water partition coefficient (Wildman–Crippen LogP) is 3.87. The Morgan fingerprint density at radius 3 is 2.52 bits per heavy atom. The highest BCUT2D eigenvalue weighted by Crippen LogP contribution is 2.33. The van der Waals surface area contributed by atoms with Crippen molar-refractivity contribution >= 4 is 45.9 Å². The van der Waals surface area contributed by atoms with Crippen molar-refractivity contribution in [3.63, 3.8) is 0 Å². The minimum Gasteiger partial charge on any atom is -0.461 e. The number of carbonyl (C=O) groups excluding carboxylic acids is 1. The van der Waals surface area contributed by atoms with Crippen molar-refractivity contribution in [2.24, 2.45) is 7.05 Å². The van der Waals surface area contributed by atoms with E-state index in [4.69, 9.17) is 27.9 Å². The van der Waals surface area contributed by atoms with E-state index in [0.717, 1.165) is 16.7 Å². The first-order valence-electron chi connectivity index (χ1n) is 8.74. The van der Waals surface area contributed by atoms with E-state index in [9.17, 15) is 22.8 Å². The summed E-state index contributed by atoms with van der Waals surface area (Å²) >= 11 is 12.1. The zero-order valence-corrected chi connectivity index (χ0v) is 17.4. The lowest BCUT2D eigenvalue weighted by Crippen LogP contribution is -2.21. The smallest absolute Gasteiger partial charge is 0.416 e. The molecule has 0 spiro atoms. The number of imidazole rings is 2. The first-order chi connectivity index (χ1) is 14.6. The molecule has 162 valence electrons. The van der Waals surface area contributed by atoms with Gasteiger partial charge in [-0.05, 0) is 25.1 Å². The lowest BCUT2D eigenvalue weighted by molar-refractivity contribution is -0.137. The lowest BCUT2D eigenvalue weighted by Gasteiger charge is -2.13. The number of hydrogen-bond donors (Lipinski definition) is 0. The number of esters is 1. The quantitative estimate of drug-likeness (QED) is 0.421. The van der Waals surface area contributed by atoms with Crippen LogP contribution in [0.15, 0.2) is 29.3 Å². The van der Waals surface area contributed by atoms with Crippen LogP contribution in [0.3, 0.4) is 0 Å². The first-order valence-corrected chi connectivity index (χ1v) is 9.50. The first kappa shape index (κ1) is 21.2. The SMILES string of the molecule is CCOC(=O)c1nc2c(=O)n(C)c3cc(C(F)(F)F)ccc3n2c1-n1cnc(Cl)c1Cl. The second-order valence-corrected chi connectivity index (χ2v) is 7.14. The highest BCUT2D eigenvalue weighted by Gasteiger charge is 2.32. The number of hydrogen-bond acceptors (Lipinski definition) is 5. The number of halogens is 5. The lowest BCUT2D eigenvalue weighted by atomic mass is 10.2.